The summed E-state index contributed by atoms with van der Waals surface area (Å²) in [4.78, 5) is 37.9. The molecule has 0 aliphatic carbocycles. The number of allylic oxidation sites excluding steroid dienone is 12. The fraction of sp³-hybridized carbons (Fsp3) is 0.732. The standard InChI is InChI=1S/C56H96O6/c1-4-7-10-13-16-19-22-24-26-28-30-32-34-37-40-43-46-49-55(58)61-52-53(51-60-54(57)48-45-42-39-36-21-18-15-12-9-6-3)62-56(59)50-47-44-41-38-35-33-31-29-27-25-23-20-17-14-11-8-5-2/h7,10,16,19,24-27,30,32,37,40,53H,4-6,8-9,11-15,17-18,20-23,28-29,31,33-36,38-39,41-52H2,1-3H3/b10-7-,19-16-,26-24-,27-25-,32-30-,40-37-/t53-/m1/s1. The molecule has 0 amide bonds. The SMILES string of the molecule is CC/C=C\C/C=C\C/C=C\C/C=C\C/C=C\CCCC(=O)OC[C@@H](COC(=O)CCCCCCCCCCCC)OC(=O)CCCCCCCCC/C=C\CCCCCCCC. The molecule has 6 nitrogen and oxygen atoms in total. The third-order valence-electron chi connectivity index (χ3n) is 10.9. The highest BCUT2D eigenvalue weighted by Gasteiger charge is 2.19. The zero-order valence-electron chi connectivity index (χ0n) is 40.6. The van der Waals surface area contributed by atoms with E-state index in [-0.39, 0.29) is 37.5 Å². The van der Waals surface area contributed by atoms with Crippen LogP contribution < -0.4 is 0 Å². The monoisotopic (exact) mass is 865 g/mol. The Morgan fingerprint density at radius 3 is 1.06 bits per heavy atom. The van der Waals surface area contributed by atoms with Crippen molar-refractivity contribution in [3.05, 3.63) is 72.9 Å². The third kappa shape index (κ3) is 47.9. The van der Waals surface area contributed by atoms with E-state index in [1.807, 2.05) is 0 Å². The molecule has 0 saturated carbocycles. The summed E-state index contributed by atoms with van der Waals surface area (Å²) >= 11 is 0. The van der Waals surface area contributed by atoms with Crippen molar-refractivity contribution in [3.8, 4) is 0 Å². The summed E-state index contributed by atoms with van der Waals surface area (Å²) in [5, 5.41) is 0. The molecule has 0 aromatic carbocycles. The molecule has 0 bridgehead atoms. The largest absolute Gasteiger partial charge is 0.462 e. The van der Waals surface area contributed by atoms with E-state index in [0.29, 0.717) is 19.3 Å². The van der Waals surface area contributed by atoms with Crippen LogP contribution in [0, 0.1) is 0 Å². The molecular formula is C56H96O6. The van der Waals surface area contributed by atoms with Crippen molar-refractivity contribution in [1.29, 1.82) is 0 Å². The van der Waals surface area contributed by atoms with E-state index in [1.54, 1.807) is 0 Å². The molecule has 0 saturated heterocycles. The Bertz CT molecular complexity index is 1180. The normalized spacial score (nSPS) is 12.6. The Labute approximate surface area is 382 Å². The van der Waals surface area contributed by atoms with Gasteiger partial charge in [0.2, 0.25) is 0 Å². The van der Waals surface area contributed by atoms with Crippen molar-refractivity contribution < 1.29 is 28.6 Å². The van der Waals surface area contributed by atoms with Crippen LogP contribution in [-0.4, -0.2) is 37.2 Å². The minimum atomic E-state index is -0.797. The molecule has 0 aliphatic heterocycles. The third-order valence-corrected chi connectivity index (χ3v) is 10.9. The van der Waals surface area contributed by atoms with Gasteiger partial charge in [0.1, 0.15) is 13.2 Å². The second kappa shape index (κ2) is 50.5. The maximum atomic E-state index is 12.8. The summed E-state index contributed by atoms with van der Waals surface area (Å²) < 4.78 is 16.7. The highest BCUT2D eigenvalue weighted by atomic mass is 16.6. The van der Waals surface area contributed by atoms with Gasteiger partial charge in [-0.3, -0.25) is 14.4 Å². The van der Waals surface area contributed by atoms with E-state index in [1.165, 1.54) is 122 Å². The molecule has 0 rings (SSSR count). The van der Waals surface area contributed by atoms with Gasteiger partial charge in [0.25, 0.3) is 0 Å². The first-order valence-corrected chi connectivity index (χ1v) is 25.9. The molecule has 0 aromatic heterocycles. The Hall–Kier alpha value is -3.15. The Kier molecular flexibility index (Phi) is 47.9. The molecule has 0 N–H and O–H groups in total. The molecule has 1 atom stereocenters. The van der Waals surface area contributed by atoms with Gasteiger partial charge in [0.15, 0.2) is 6.10 Å². The van der Waals surface area contributed by atoms with Gasteiger partial charge in [0.05, 0.1) is 0 Å². The number of ether oxygens (including phenoxy) is 3. The molecular weight excluding hydrogens is 769 g/mol. The van der Waals surface area contributed by atoms with Gasteiger partial charge in [-0.15, -0.1) is 0 Å². The first kappa shape index (κ1) is 58.9. The van der Waals surface area contributed by atoms with Crippen LogP contribution in [0.1, 0.15) is 245 Å². The van der Waals surface area contributed by atoms with Crippen molar-refractivity contribution in [2.24, 2.45) is 0 Å². The lowest BCUT2D eigenvalue weighted by molar-refractivity contribution is -0.167. The quantitative estimate of drug-likeness (QED) is 0.0262. The lowest BCUT2D eigenvalue weighted by Crippen LogP contribution is -2.30. The van der Waals surface area contributed by atoms with E-state index in [9.17, 15) is 14.4 Å². The second-order valence-electron chi connectivity index (χ2n) is 17.1. The summed E-state index contributed by atoms with van der Waals surface area (Å²) in [5.74, 6) is -0.958. The fourth-order valence-corrected chi connectivity index (χ4v) is 7.06. The topological polar surface area (TPSA) is 78.9 Å². The predicted octanol–water partition coefficient (Wildman–Crippen LogP) is 17.0. The molecule has 0 fully saturated rings. The predicted molar refractivity (Wildman–Crippen MR) is 265 cm³/mol. The Morgan fingerprint density at radius 2 is 0.645 bits per heavy atom. The molecule has 0 heterocycles. The number of hydrogen-bond donors (Lipinski definition) is 0. The molecule has 6 heteroatoms. The molecule has 0 spiro atoms. The van der Waals surface area contributed by atoms with E-state index in [0.717, 1.165) is 77.0 Å². The van der Waals surface area contributed by atoms with Crippen molar-refractivity contribution in [3.63, 3.8) is 0 Å². The van der Waals surface area contributed by atoms with Crippen LogP contribution in [0.3, 0.4) is 0 Å². The maximum absolute atomic E-state index is 12.8. The molecule has 0 unspecified atom stereocenters. The number of carbonyl (C=O) groups is 3. The van der Waals surface area contributed by atoms with Crippen LogP contribution in [0.4, 0.5) is 0 Å². The van der Waals surface area contributed by atoms with Crippen LogP contribution in [-0.2, 0) is 28.6 Å². The molecule has 356 valence electrons. The average molecular weight is 865 g/mol. The summed E-state index contributed by atoms with van der Waals surface area (Å²) in [5.41, 5.74) is 0. The fourth-order valence-electron chi connectivity index (χ4n) is 7.06. The Balaban J connectivity index is 4.44. The summed E-state index contributed by atoms with van der Waals surface area (Å²) in [6.07, 6.45) is 63.2. The van der Waals surface area contributed by atoms with Gasteiger partial charge in [-0.1, -0.05) is 216 Å². The summed E-state index contributed by atoms with van der Waals surface area (Å²) in [6, 6.07) is 0. The van der Waals surface area contributed by atoms with Gasteiger partial charge >= 0.3 is 17.9 Å². The number of unbranched alkanes of at least 4 members (excludes halogenated alkanes) is 23. The van der Waals surface area contributed by atoms with Crippen LogP contribution in [0.2, 0.25) is 0 Å². The first-order chi connectivity index (χ1) is 30.5. The zero-order valence-corrected chi connectivity index (χ0v) is 40.6. The number of carbonyl (C=O) groups excluding carboxylic acids is 3. The molecule has 0 aliphatic rings. The highest BCUT2D eigenvalue weighted by Crippen LogP contribution is 2.14. The highest BCUT2D eigenvalue weighted by molar-refractivity contribution is 5.71. The van der Waals surface area contributed by atoms with Crippen LogP contribution >= 0.6 is 0 Å². The maximum Gasteiger partial charge on any atom is 0.306 e. The lowest BCUT2D eigenvalue weighted by Gasteiger charge is -2.18. The van der Waals surface area contributed by atoms with Gasteiger partial charge in [0, 0.05) is 19.3 Å². The summed E-state index contributed by atoms with van der Waals surface area (Å²) in [7, 11) is 0. The Morgan fingerprint density at radius 1 is 0.339 bits per heavy atom. The number of esters is 3. The van der Waals surface area contributed by atoms with Gasteiger partial charge in [-0.25, -0.2) is 0 Å². The van der Waals surface area contributed by atoms with E-state index < -0.39 is 6.10 Å². The van der Waals surface area contributed by atoms with Crippen molar-refractivity contribution in [2.45, 2.75) is 252 Å². The van der Waals surface area contributed by atoms with Gasteiger partial charge in [-0.2, -0.15) is 0 Å². The number of rotatable bonds is 46. The van der Waals surface area contributed by atoms with Crippen molar-refractivity contribution in [2.75, 3.05) is 13.2 Å². The molecule has 0 radical (unpaired) electrons. The first-order valence-electron chi connectivity index (χ1n) is 25.9. The molecule has 0 aromatic rings. The van der Waals surface area contributed by atoms with E-state index in [4.69, 9.17) is 14.2 Å². The van der Waals surface area contributed by atoms with Gasteiger partial charge < -0.3 is 14.2 Å². The van der Waals surface area contributed by atoms with Crippen LogP contribution in [0.5, 0.6) is 0 Å². The van der Waals surface area contributed by atoms with Crippen LogP contribution in [0.25, 0.3) is 0 Å². The van der Waals surface area contributed by atoms with E-state index in [2.05, 4.69) is 93.7 Å². The van der Waals surface area contributed by atoms with E-state index >= 15 is 0 Å². The second-order valence-corrected chi connectivity index (χ2v) is 17.1. The number of hydrogen-bond acceptors (Lipinski definition) is 6. The van der Waals surface area contributed by atoms with Gasteiger partial charge in [-0.05, 0) is 83.5 Å². The minimum absolute atomic E-state index is 0.0934. The van der Waals surface area contributed by atoms with Crippen molar-refractivity contribution in [1.82, 2.24) is 0 Å². The molecule has 62 heavy (non-hydrogen) atoms. The average Bonchev–Trinajstić information content (AvgIpc) is 3.27. The zero-order chi connectivity index (χ0) is 45.1. The summed E-state index contributed by atoms with van der Waals surface area (Å²) in [6.45, 7) is 6.46. The van der Waals surface area contributed by atoms with Crippen LogP contribution in [0.15, 0.2) is 72.9 Å². The van der Waals surface area contributed by atoms with Crippen molar-refractivity contribution >= 4 is 17.9 Å². The minimum Gasteiger partial charge on any atom is -0.462 e. The smallest absolute Gasteiger partial charge is 0.306 e. The lowest BCUT2D eigenvalue weighted by atomic mass is 10.1.